The fraction of sp³-hybridized carbons (Fsp3) is 0.357. The first-order chi connectivity index (χ1) is 9.85. The molecule has 21 heavy (non-hydrogen) atoms. The molecule has 0 saturated heterocycles. The number of aromatic nitrogens is 2. The highest BCUT2D eigenvalue weighted by atomic mass is 32.2. The van der Waals surface area contributed by atoms with Crippen molar-refractivity contribution in [3.8, 4) is 5.75 Å². The smallest absolute Gasteiger partial charge is 0.244 e. The van der Waals surface area contributed by atoms with E-state index in [-0.39, 0.29) is 11.4 Å². The van der Waals surface area contributed by atoms with Crippen molar-refractivity contribution >= 4 is 10.0 Å². The minimum absolute atomic E-state index is 0.215. The standard InChI is InChI=1S/C14H19N3O3S/c1-9-7-12(5-6-13(9)20-4)8-15-21(18,19)14-10(2)16-17-11(14)3/h5-7,15H,8H2,1-4H3,(H,16,17). The summed E-state index contributed by atoms with van der Waals surface area (Å²) in [5, 5.41) is 6.59. The zero-order valence-corrected chi connectivity index (χ0v) is 13.3. The molecule has 0 atom stereocenters. The molecule has 1 heterocycles. The van der Waals surface area contributed by atoms with E-state index >= 15 is 0 Å². The number of sulfonamides is 1. The molecule has 0 aliphatic heterocycles. The van der Waals surface area contributed by atoms with Crippen molar-refractivity contribution < 1.29 is 13.2 Å². The van der Waals surface area contributed by atoms with Crippen LogP contribution in [-0.4, -0.2) is 25.7 Å². The second kappa shape index (κ2) is 5.87. The molecule has 2 N–H and O–H groups in total. The third kappa shape index (κ3) is 3.25. The van der Waals surface area contributed by atoms with E-state index in [1.54, 1.807) is 21.0 Å². The Morgan fingerprint density at radius 2 is 2.00 bits per heavy atom. The van der Waals surface area contributed by atoms with Gasteiger partial charge in [-0.25, -0.2) is 13.1 Å². The largest absolute Gasteiger partial charge is 0.496 e. The Balaban J connectivity index is 2.18. The SMILES string of the molecule is COc1ccc(CNS(=O)(=O)c2c(C)n[nH]c2C)cc1C. The summed E-state index contributed by atoms with van der Waals surface area (Å²) in [6, 6.07) is 5.56. The van der Waals surface area contributed by atoms with Crippen molar-refractivity contribution in [3.63, 3.8) is 0 Å². The number of H-pyrrole nitrogens is 1. The van der Waals surface area contributed by atoms with Gasteiger partial charge in [0.25, 0.3) is 0 Å². The Morgan fingerprint density at radius 1 is 1.29 bits per heavy atom. The molecule has 1 aromatic heterocycles. The molecule has 0 saturated carbocycles. The van der Waals surface area contributed by atoms with Crippen molar-refractivity contribution in [3.05, 3.63) is 40.7 Å². The van der Waals surface area contributed by atoms with Gasteiger partial charge in [-0.05, 0) is 38.0 Å². The molecule has 1 aromatic carbocycles. The van der Waals surface area contributed by atoms with E-state index in [1.165, 1.54) is 0 Å². The summed E-state index contributed by atoms with van der Waals surface area (Å²) in [5.41, 5.74) is 2.83. The lowest BCUT2D eigenvalue weighted by molar-refractivity contribution is 0.411. The Bertz CT molecular complexity index is 731. The molecule has 7 heteroatoms. The quantitative estimate of drug-likeness (QED) is 0.882. The van der Waals surface area contributed by atoms with Gasteiger partial charge >= 0.3 is 0 Å². The molecule has 0 radical (unpaired) electrons. The maximum Gasteiger partial charge on any atom is 0.244 e. The van der Waals surface area contributed by atoms with Crippen LogP contribution in [0.15, 0.2) is 23.1 Å². The second-order valence-corrected chi connectivity index (χ2v) is 6.60. The van der Waals surface area contributed by atoms with Crippen LogP contribution in [0.1, 0.15) is 22.5 Å². The van der Waals surface area contributed by atoms with Gasteiger partial charge in [-0.1, -0.05) is 12.1 Å². The Kier molecular flexibility index (Phi) is 4.34. The van der Waals surface area contributed by atoms with Gasteiger partial charge in [0.15, 0.2) is 0 Å². The summed E-state index contributed by atoms with van der Waals surface area (Å²) in [6.45, 7) is 5.49. The van der Waals surface area contributed by atoms with Gasteiger partial charge in [-0.3, -0.25) is 5.10 Å². The third-order valence-electron chi connectivity index (χ3n) is 3.25. The summed E-state index contributed by atoms with van der Waals surface area (Å²) >= 11 is 0. The summed E-state index contributed by atoms with van der Waals surface area (Å²) in [7, 11) is -1.97. The van der Waals surface area contributed by atoms with Gasteiger partial charge in [0, 0.05) is 6.54 Å². The lowest BCUT2D eigenvalue weighted by Gasteiger charge is -2.09. The van der Waals surface area contributed by atoms with E-state index in [1.807, 2.05) is 25.1 Å². The van der Waals surface area contributed by atoms with Crippen LogP contribution in [0, 0.1) is 20.8 Å². The van der Waals surface area contributed by atoms with Crippen molar-refractivity contribution in [1.29, 1.82) is 0 Å². The van der Waals surface area contributed by atoms with Gasteiger partial charge in [-0.15, -0.1) is 0 Å². The van der Waals surface area contributed by atoms with Crippen LogP contribution >= 0.6 is 0 Å². The number of hydrogen-bond donors (Lipinski definition) is 2. The number of ether oxygens (including phenoxy) is 1. The molecule has 0 aliphatic rings. The van der Waals surface area contributed by atoms with Crippen molar-refractivity contribution in [2.24, 2.45) is 0 Å². The molecule has 0 unspecified atom stereocenters. The first-order valence-electron chi connectivity index (χ1n) is 6.50. The lowest BCUT2D eigenvalue weighted by atomic mass is 10.1. The summed E-state index contributed by atoms with van der Waals surface area (Å²) in [6.07, 6.45) is 0. The number of aryl methyl sites for hydroxylation is 3. The molecular weight excluding hydrogens is 290 g/mol. The topological polar surface area (TPSA) is 84.1 Å². The van der Waals surface area contributed by atoms with E-state index in [9.17, 15) is 8.42 Å². The maximum absolute atomic E-state index is 12.3. The van der Waals surface area contributed by atoms with E-state index in [4.69, 9.17) is 4.74 Å². The normalized spacial score (nSPS) is 11.6. The van der Waals surface area contributed by atoms with Gasteiger partial charge in [0.1, 0.15) is 10.6 Å². The molecule has 0 amide bonds. The molecule has 0 spiro atoms. The van der Waals surface area contributed by atoms with E-state index < -0.39 is 10.0 Å². The van der Waals surface area contributed by atoms with Crippen LogP contribution < -0.4 is 9.46 Å². The summed E-state index contributed by atoms with van der Waals surface area (Å²) in [5.74, 6) is 0.781. The maximum atomic E-state index is 12.3. The van der Waals surface area contributed by atoms with Crippen LogP contribution in [0.2, 0.25) is 0 Å². The molecule has 6 nitrogen and oxygen atoms in total. The average Bonchev–Trinajstić information content (AvgIpc) is 2.77. The van der Waals surface area contributed by atoms with Crippen molar-refractivity contribution in [1.82, 2.24) is 14.9 Å². The van der Waals surface area contributed by atoms with Gasteiger partial charge in [-0.2, -0.15) is 5.10 Å². The first-order valence-corrected chi connectivity index (χ1v) is 7.98. The Hall–Kier alpha value is -1.86. The van der Waals surface area contributed by atoms with Gasteiger partial charge < -0.3 is 4.74 Å². The lowest BCUT2D eigenvalue weighted by Crippen LogP contribution is -2.24. The molecule has 2 rings (SSSR count). The van der Waals surface area contributed by atoms with E-state index in [0.29, 0.717) is 11.4 Å². The number of nitrogens with one attached hydrogen (secondary N) is 2. The summed E-state index contributed by atoms with van der Waals surface area (Å²) < 4.78 is 32.4. The molecular formula is C14H19N3O3S. The molecule has 2 aromatic rings. The number of aromatic amines is 1. The van der Waals surface area contributed by atoms with Crippen LogP contribution in [0.5, 0.6) is 5.75 Å². The summed E-state index contributed by atoms with van der Waals surface area (Å²) in [4.78, 5) is 0.215. The zero-order chi connectivity index (χ0) is 15.6. The van der Waals surface area contributed by atoms with Crippen LogP contribution in [0.4, 0.5) is 0 Å². The number of hydrogen-bond acceptors (Lipinski definition) is 4. The monoisotopic (exact) mass is 309 g/mol. The second-order valence-electron chi connectivity index (χ2n) is 4.89. The Morgan fingerprint density at radius 3 is 2.52 bits per heavy atom. The fourth-order valence-electron chi connectivity index (χ4n) is 2.24. The van der Waals surface area contributed by atoms with Gasteiger partial charge in [0.2, 0.25) is 10.0 Å². The predicted molar refractivity (Wildman–Crippen MR) is 79.8 cm³/mol. The average molecular weight is 309 g/mol. The fourth-order valence-corrected chi connectivity index (χ4v) is 3.62. The highest BCUT2D eigenvalue weighted by molar-refractivity contribution is 7.89. The molecule has 0 bridgehead atoms. The van der Waals surface area contributed by atoms with Crippen molar-refractivity contribution in [2.45, 2.75) is 32.2 Å². The zero-order valence-electron chi connectivity index (χ0n) is 12.5. The number of methoxy groups -OCH3 is 1. The number of rotatable bonds is 5. The van der Waals surface area contributed by atoms with E-state index in [2.05, 4.69) is 14.9 Å². The number of nitrogens with zero attached hydrogens (tertiary/aromatic N) is 1. The van der Waals surface area contributed by atoms with E-state index in [0.717, 1.165) is 16.9 Å². The molecule has 114 valence electrons. The minimum atomic E-state index is -3.58. The minimum Gasteiger partial charge on any atom is -0.496 e. The van der Waals surface area contributed by atoms with Gasteiger partial charge in [0.05, 0.1) is 18.5 Å². The van der Waals surface area contributed by atoms with Crippen molar-refractivity contribution in [2.75, 3.05) is 7.11 Å². The molecule has 0 aliphatic carbocycles. The van der Waals surface area contributed by atoms with Crippen LogP contribution in [-0.2, 0) is 16.6 Å². The highest BCUT2D eigenvalue weighted by Crippen LogP contribution is 2.20. The van der Waals surface area contributed by atoms with Crippen LogP contribution in [0.3, 0.4) is 0 Å². The predicted octanol–water partition coefficient (Wildman–Crippen LogP) is 1.82. The Labute approximate surface area is 124 Å². The number of benzene rings is 1. The first kappa shape index (κ1) is 15.5. The third-order valence-corrected chi connectivity index (χ3v) is 4.92. The highest BCUT2D eigenvalue weighted by Gasteiger charge is 2.21. The molecule has 0 fully saturated rings. The van der Waals surface area contributed by atoms with Crippen LogP contribution in [0.25, 0.3) is 0 Å².